The lowest BCUT2D eigenvalue weighted by Gasteiger charge is -2.14. The van der Waals surface area contributed by atoms with Crippen molar-refractivity contribution < 1.29 is 9.53 Å². The van der Waals surface area contributed by atoms with Crippen LogP contribution < -0.4 is 10.5 Å². The highest BCUT2D eigenvalue weighted by atomic mass is 35.5. The van der Waals surface area contributed by atoms with Crippen molar-refractivity contribution in [3.63, 3.8) is 0 Å². The first-order valence-corrected chi connectivity index (χ1v) is 11.1. The summed E-state index contributed by atoms with van der Waals surface area (Å²) in [5.41, 5.74) is 8.93. The van der Waals surface area contributed by atoms with E-state index in [4.69, 9.17) is 22.1 Å². The van der Waals surface area contributed by atoms with Crippen LogP contribution in [0.4, 0.5) is 0 Å². The van der Waals surface area contributed by atoms with Crippen LogP contribution in [0.15, 0.2) is 72.1 Å². The minimum atomic E-state index is -0.515. The zero-order chi connectivity index (χ0) is 22.5. The number of carbonyl (C=O) groups excluding carboxylic acids is 1. The second-order valence-corrected chi connectivity index (χ2v) is 8.30. The molecule has 0 radical (unpaired) electrons. The molecule has 0 unspecified atom stereocenters. The van der Waals surface area contributed by atoms with Crippen LogP contribution in [0, 0.1) is 6.92 Å². The standard InChI is InChI=1S/C23H20ClN5O2S/c1-15-19(24)6-3-7-20(15)29-22(17-8-10-26-11-9-17)27-28-23(29)32-14-16-4-2-5-18(12-16)31-13-21(25)30/h2-12H,13-14H2,1H3,(H2,25,30). The third-order valence-electron chi connectivity index (χ3n) is 4.70. The molecule has 0 aliphatic rings. The van der Waals surface area contributed by atoms with E-state index in [-0.39, 0.29) is 6.61 Å². The Morgan fingerprint density at radius 3 is 2.69 bits per heavy atom. The maximum atomic E-state index is 11.0. The molecule has 0 spiro atoms. The number of primary amides is 1. The average Bonchev–Trinajstić information content (AvgIpc) is 3.23. The van der Waals surface area contributed by atoms with E-state index in [9.17, 15) is 4.79 Å². The van der Waals surface area contributed by atoms with E-state index in [0.29, 0.717) is 22.3 Å². The summed E-state index contributed by atoms with van der Waals surface area (Å²) in [7, 11) is 0. The van der Waals surface area contributed by atoms with Crippen LogP contribution in [0.1, 0.15) is 11.1 Å². The lowest BCUT2D eigenvalue weighted by Crippen LogP contribution is -2.20. The number of rotatable bonds is 8. The van der Waals surface area contributed by atoms with Crippen LogP contribution in [0.25, 0.3) is 17.1 Å². The zero-order valence-electron chi connectivity index (χ0n) is 17.2. The first-order valence-electron chi connectivity index (χ1n) is 9.77. The quantitative estimate of drug-likeness (QED) is 0.386. The Kier molecular flexibility index (Phi) is 6.72. The van der Waals surface area contributed by atoms with Crippen molar-refractivity contribution in [1.29, 1.82) is 0 Å². The molecule has 4 aromatic rings. The fraction of sp³-hybridized carbons (Fsp3) is 0.130. The van der Waals surface area contributed by atoms with E-state index in [0.717, 1.165) is 27.5 Å². The third-order valence-corrected chi connectivity index (χ3v) is 6.11. The lowest BCUT2D eigenvalue weighted by atomic mass is 10.2. The van der Waals surface area contributed by atoms with Crippen molar-refractivity contribution in [2.45, 2.75) is 17.8 Å². The molecule has 7 nitrogen and oxygen atoms in total. The highest BCUT2D eigenvalue weighted by Gasteiger charge is 2.18. The molecular formula is C23H20ClN5O2S. The summed E-state index contributed by atoms with van der Waals surface area (Å²) in [6.07, 6.45) is 3.45. The summed E-state index contributed by atoms with van der Waals surface area (Å²) in [6.45, 7) is 1.82. The number of ether oxygens (including phenoxy) is 1. The smallest absolute Gasteiger partial charge is 0.255 e. The minimum Gasteiger partial charge on any atom is -0.484 e. The number of thioether (sulfide) groups is 1. The van der Waals surface area contributed by atoms with Crippen LogP contribution in [0.5, 0.6) is 5.75 Å². The van der Waals surface area contributed by atoms with Gasteiger partial charge in [0.25, 0.3) is 5.91 Å². The molecule has 0 fully saturated rings. The Morgan fingerprint density at radius 2 is 1.91 bits per heavy atom. The van der Waals surface area contributed by atoms with Gasteiger partial charge in [0.2, 0.25) is 0 Å². The molecule has 0 aliphatic heterocycles. The van der Waals surface area contributed by atoms with Crippen LogP contribution in [-0.2, 0) is 10.5 Å². The number of amides is 1. The van der Waals surface area contributed by atoms with Gasteiger partial charge in [-0.1, -0.05) is 41.6 Å². The fourth-order valence-corrected chi connectivity index (χ4v) is 4.19. The van der Waals surface area contributed by atoms with Gasteiger partial charge in [0.1, 0.15) is 5.75 Å². The first kappa shape index (κ1) is 21.9. The van der Waals surface area contributed by atoms with Gasteiger partial charge in [-0.05, 0) is 54.4 Å². The van der Waals surface area contributed by atoms with Gasteiger partial charge in [0, 0.05) is 28.7 Å². The Labute approximate surface area is 194 Å². The number of nitrogens with zero attached hydrogens (tertiary/aromatic N) is 4. The van der Waals surface area contributed by atoms with E-state index in [1.54, 1.807) is 30.2 Å². The number of aromatic nitrogens is 4. The predicted octanol–water partition coefficient (Wildman–Crippen LogP) is 4.45. The van der Waals surface area contributed by atoms with Gasteiger partial charge in [-0.25, -0.2) is 0 Å². The highest BCUT2D eigenvalue weighted by Crippen LogP contribution is 2.33. The molecule has 2 heterocycles. The van der Waals surface area contributed by atoms with Gasteiger partial charge in [-0.3, -0.25) is 14.3 Å². The number of pyridine rings is 1. The fourth-order valence-electron chi connectivity index (χ4n) is 3.13. The number of carbonyl (C=O) groups is 1. The molecule has 0 bridgehead atoms. The number of hydrogen-bond acceptors (Lipinski definition) is 6. The summed E-state index contributed by atoms with van der Waals surface area (Å²) in [5.74, 6) is 1.41. The number of halogens is 1. The van der Waals surface area contributed by atoms with Gasteiger partial charge in [0.05, 0.1) is 5.69 Å². The molecule has 1 amide bonds. The number of nitrogens with two attached hydrogens (primary N) is 1. The maximum absolute atomic E-state index is 11.0. The van der Waals surface area contributed by atoms with Gasteiger partial charge >= 0.3 is 0 Å². The summed E-state index contributed by atoms with van der Waals surface area (Å²) in [6, 6.07) is 17.1. The van der Waals surface area contributed by atoms with Gasteiger partial charge < -0.3 is 10.5 Å². The van der Waals surface area contributed by atoms with Crippen molar-refractivity contribution in [2.75, 3.05) is 6.61 Å². The molecule has 32 heavy (non-hydrogen) atoms. The SMILES string of the molecule is Cc1c(Cl)cccc1-n1c(SCc2cccc(OCC(N)=O)c2)nnc1-c1ccncc1. The van der Waals surface area contributed by atoms with Crippen LogP contribution in [0.3, 0.4) is 0 Å². The molecule has 0 saturated heterocycles. The molecular weight excluding hydrogens is 446 g/mol. The maximum Gasteiger partial charge on any atom is 0.255 e. The van der Waals surface area contributed by atoms with E-state index >= 15 is 0 Å². The van der Waals surface area contributed by atoms with E-state index in [2.05, 4.69) is 15.2 Å². The van der Waals surface area contributed by atoms with E-state index < -0.39 is 5.91 Å². The Bertz CT molecular complexity index is 1250. The first-order chi connectivity index (χ1) is 15.5. The molecule has 2 N–H and O–H groups in total. The predicted molar refractivity (Wildman–Crippen MR) is 125 cm³/mol. The average molecular weight is 466 g/mol. The Morgan fingerprint density at radius 1 is 1.12 bits per heavy atom. The minimum absolute atomic E-state index is 0.158. The summed E-state index contributed by atoms with van der Waals surface area (Å²) in [4.78, 5) is 15.1. The van der Waals surface area contributed by atoms with Crippen molar-refractivity contribution in [3.05, 3.63) is 83.1 Å². The lowest BCUT2D eigenvalue weighted by molar-refractivity contribution is -0.119. The molecule has 2 aromatic heterocycles. The largest absolute Gasteiger partial charge is 0.484 e. The van der Waals surface area contributed by atoms with Crippen LogP contribution in [0.2, 0.25) is 5.02 Å². The van der Waals surface area contributed by atoms with E-state index in [1.165, 1.54) is 0 Å². The molecule has 0 saturated carbocycles. The Hall–Kier alpha value is -3.36. The van der Waals surface area contributed by atoms with E-state index in [1.807, 2.05) is 60.0 Å². The second kappa shape index (κ2) is 9.84. The highest BCUT2D eigenvalue weighted by molar-refractivity contribution is 7.98. The molecule has 2 aromatic carbocycles. The monoisotopic (exact) mass is 465 g/mol. The molecule has 4 rings (SSSR count). The summed E-state index contributed by atoms with van der Waals surface area (Å²) < 4.78 is 7.42. The second-order valence-electron chi connectivity index (χ2n) is 6.95. The normalized spacial score (nSPS) is 10.8. The Balaban J connectivity index is 1.66. The molecule has 0 atom stereocenters. The summed E-state index contributed by atoms with van der Waals surface area (Å²) >= 11 is 7.95. The van der Waals surface area contributed by atoms with Crippen LogP contribution >= 0.6 is 23.4 Å². The third kappa shape index (κ3) is 4.92. The number of benzene rings is 2. The van der Waals surface area contributed by atoms with Crippen molar-refractivity contribution >= 4 is 29.3 Å². The molecule has 162 valence electrons. The van der Waals surface area contributed by atoms with Crippen molar-refractivity contribution in [3.8, 4) is 22.8 Å². The number of hydrogen-bond donors (Lipinski definition) is 1. The molecule has 9 heteroatoms. The van der Waals surface area contributed by atoms with Crippen molar-refractivity contribution in [1.82, 2.24) is 19.7 Å². The topological polar surface area (TPSA) is 95.9 Å². The molecule has 0 aliphatic carbocycles. The van der Waals surface area contributed by atoms with Gasteiger partial charge in [-0.15, -0.1) is 10.2 Å². The van der Waals surface area contributed by atoms with Gasteiger partial charge in [0.15, 0.2) is 17.6 Å². The van der Waals surface area contributed by atoms with Crippen LogP contribution in [-0.4, -0.2) is 32.3 Å². The summed E-state index contributed by atoms with van der Waals surface area (Å²) in [5, 5.41) is 10.3. The zero-order valence-corrected chi connectivity index (χ0v) is 18.8. The van der Waals surface area contributed by atoms with Crippen molar-refractivity contribution in [2.24, 2.45) is 5.73 Å². The van der Waals surface area contributed by atoms with Gasteiger partial charge in [-0.2, -0.15) is 0 Å².